The van der Waals surface area contributed by atoms with Gasteiger partial charge in [-0.3, -0.25) is 9.59 Å². The van der Waals surface area contributed by atoms with Gasteiger partial charge in [-0.25, -0.2) is 0 Å². The van der Waals surface area contributed by atoms with Gasteiger partial charge in [-0.15, -0.1) is 0 Å². The van der Waals surface area contributed by atoms with Gasteiger partial charge in [0.2, 0.25) is 0 Å². The molecule has 3 aliphatic rings. The van der Waals surface area contributed by atoms with E-state index in [1.807, 2.05) is 0 Å². The minimum atomic E-state index is -0.253. The summed E-state index contributed by atoms with van der Waals surface area (Å²) >= 11 is 0. The topological polar surface area (TPSA) is 43.4 Å². The van der Waals surface area contributed by atoms with Crippen LogP contribution in [-0.2, 0) is 14.3 Å². The molecule has 0 aromatic rings. The molecule has 0 aromatic carbocycles. The number of hydrogen-bond donors (Lipinski definition) is 0. The lowest BCUT2D eigenvalue weighted by atomic mass is 9.81. The molecule has 12 heavy (non-hydrogen) atoms. The predicted octanol–water partition coefficient (Wildman–Crippen LogP) is 0.732. The van der Waals surface area contributed by atoms with Gasteiger partial charge in [0.1, 0.15) is 0 Å². The molecule has 1 heterocycles. The highest BCUT2D eigenvalue weighted by Crippen LogP contribution is 2.55. The third-order valence-electron chi connectivity index (χ3n) is 3.66. The molecule has 0 aromatic heterocycles. The van der Waals surface area contributed by atoms with Gasteiger partial charge in [0.05, 0.1) is 11.8 Å². The molecule has 2 saturated carbocycles. The van der Waals surface area contributed by atoms with Crippen LogP contribution in [0.15, 0.2) is 0 Å². The molecule has 3 nitrogen and oxygen atoms in total. The summed E-state index contributed by atoms with van der Waals surface area (Å²) in [4.78, 5) is 22.4. The smallest absolute Gasteiger partial charge is 0.317 e. The van der Waals surface area contributed by atoms with Crippen LogP contribution in [0.1, 0.15) is 19.3 Å². The first kappa shape index (κ1) is 6.63. The first-order valence-electron chi connectivity index (χ1n) is 4.53. The number of ether oxygens (including phenoxy) is 1. The Hall–Kier alpha value is -0.860. The van der Waals surface area contributed by atoms with Gasteiger partial charge in [0.25, 0.3) is 0 Å². The fourth-order valence-electron chi connectivity index (χ4n) is 3.20. The van der Waals surface area contributed by atoms with Gasteiger partial charge in [-0.2, -0.15) is 0 Å². The third-order valence-corrected chi connectivity index (χ3v) is 3.66. The fraction of sp³-hybridized carbons (Fsp3) is 0.778. The fourth-order valence-corrected chi connectivity index (χ4v) is 3.20. The van der Waals surface area contributed by atoms with Crippen LogP contribution in [0.25, 0.3) is 0 Å². The van der Waals surface area contributed by atoms with E-state index in [0.717, 1.165) is 19.3 Å². The maximum absolute atomic E-state index is 11.2. The van der Waals surface area contributed by atoms with Crippen LogP contribution in [0.4, 0.5) is 0 Å². The number of carbonyl (C=O) groups excluding carboxylic acids is 2. The van der Waals surface area contributed by atoms with Crippen molar-refractivity contribution >= 4 is 11.9 Å². The minimum absolute atomic E-state index is 0.0590. The van der Waals surface area contributed by atoms with Crippen LogP contribution in [0.5, 0.6) is 0 Å². The second-order valence-electron chi connectivity index (χ2n) is 4.12. The van der Waals surface area contributed by atoms with Crippen molar-refractivity contribution in [3.8, 4) is 0 Å². The Morgan fingerprint density at radius 3 is 2.00 bits per heavy atom. The van der Waals surface area contributed by atoms with Gasteiger partial charge in [-0.1, -0.05) is 0 Å². The molecule has 0 spiro atoms. The SMILES string of the molecule is O=C1OC(=O)[C@@H]2[C@@H]3CC[C@H](C3)[C@@H]12. The summed E-state index contributed by atoms with van der Waals surface area (Å²) in [6.07, 6.45) is 3.32. The van der Waals surface area contributed by atoms with Crippen molar-refractivity contribution in [2.24, 2.45) is 23.7 Å². The van der Waals surface area contributed by atoms with E-state index in [2.05, 4.69) is 4.74 Å². The van der Waals surface area contributed by atoms with E-state index in [9.17, 15) is 9.59 Å². The zero-order valence-corrected chi connectivity index (χ0v) is 6.66. The van der Waals surface area contributed by atoms with E-state index < -0.39 is 0 Å². The number of fused-ring (bicyclic) bond motifs is 5. The number of cyclic esters (lactones) is 2. The lowest BCUT2D eigenvalue weighted by Crippen LogP contribution is -2.24. The van der Waals surface area contributed by atoms with Gasteiger partial charge in [0, 0.05) is 0 Å². The van der Waals surface area contributed by atoms with E-state index >= 15 is 0 Å². The summed E-state index contributed by atoms with van der Waals surface area (Å²) in [7, 11) is 0. The van der Waals surface area contributed by atoms with E-state index in [-0.39, 0.29) is 23.8 Å². The summed E-state index contributed by atoms with van der Waals surface area (Å²) in [6, 6.07) is 0. The van der Waals surface area contributed by atoms with Crippen LogP contribution in [0.3, 0.4) is 0 Å². The van der Waals surface area contributed by atoms with Crippen LogP contribution >= 0.6 is 0 Å². The Bertz CT molecular complexity index is 245. The minimum Gasteiger partial charge on any atom is -0.393 e. The zero-order valence-electron chi connectivity index (χ0n) is 6.66. The molecule has 0 N–H and O–H groups in total. The summed E-state index contributed by atoms with van der Waals surface area (Å²) in [6.45, 7) is 0. The molecule has 3 heteroatoms. The summed E-state index contributed by atoms with van der Waals surface area (Å²) < 4.78 is 4.63. The van der Waals surface area contributed by atoms with Crippen LogP contribution in [-0.4, -0.2) is 11.9 Å². The van der Waals surface area contributed by atoms with Crippen molar-refractivity contribution in [3.05, 3.63) is 0 Å². The summed E-state index contributed by atoms with van der Waals surface area (Å²) in [5, 5.41) is 0. The second kappa shape index (κ2) is 1.90. The third kappa shape index (κ3) is 0.586. The van der Waals surface area contributed by atoms with Crippen molar-refractivity contribution < 1.29 is 14.3 Å². The molecule has 0 radical (unpaired) electrons. The Morgan fingerprint density at radius 2 is 1.50 bits per heavy atom. The van der Waals surface area contributed by atoms with Crippen molar-refractivity contribution in [3.63, 3.8) is 0 Å². The molecule has 0 amide bonds. The molecule has 2 aliphatic carbocycles. The molecule has 4 atom stereocenters. The number of rotatable bonds is 0. The highest BCUT2D eigenvalue weighted by Gasteiger charge is 2.59. The summed E-state index contributed by atoms with van der Waals surface area (Å²) in [5.41, 5.74) is 0. The normalized spacial score (nSPS) is 49.7. The standard InChI is InChI=1S/C9H10O3/c10-8-6-4-1-2-5(3-4)7(6)9(11)12-8/h4-7H,1-3H2/t4-,5-,6-,7-/m1/s1. The van der Waals surface area contributed by atoms with Crippen molar-refractivity contribution in [2.45, 2.75) is 19.3 Å². The van der Waals surface area contributed by atoms with E-state index in [1.165, 1.54) is 0 Å². The van der Waals surface area contributed by atoms with Gasteiger partial charge >= 0.3 is 11.9 Å². The Labute approximate surface area is 70.1 Å². The van der Waals surface area contributed by atoms with Crippen molar-refractivity contribution in [2.75, 3.05) is 0 Å². The molecule has 1 aliphatic heterocycles. The monoisotopic (exact) mass is 166 g/mol. The van der Waals surface area contributed by atoms with E-state index in [0.29, 0.717) is 11.8 Å². The lowest BCUT2D eigenvalue weighted by Gasteiger charge is -2.17. The number of carbonyl (C=O) groups is 2. The molecule has 1 saturated heterocycles. The molecule has 3 fully saturated rings. The quantitative estimate of drug-likeness (QED) is 0.393. The van der Waals surface area contributed by atoms with Gasteiger partial charge < -0.3 is 4.74 Å². The number of esters is 2. The average Bonchev–Trinajstić information content (AvgIpc) is 2.64. The van der Waals surface area contributed by atoms with E-state index in [4.69, 9.17) is 0 Å². The highest BCUT2D eigenvalue weighted by molar-refractivity contribution is 5.97. The predicted molar refractivity (Wildman–Crippen MR) is 38.9 cm³/mol. The Balaban J connectivity index is 2.03. The van der Waals surface area contributed by atoms with Crippen LogP contribution in [0.2, 0.25) is 0 Å². The number of hydrogen-bond acceptors (Lipinski definition) is 3. The van der Waals surface area contributed by atoms with Crippen molar-refractivity contribution in [1.82, 2.24) is 0 Å². The molecule has 3 rings (SSSR count). The lowest BCUT2D eigenvalue weighted by molar-refractivity contribution is -0.154. The Morgan fingerprint density at radius 1 is 1.00 bits per heavy atom. The van der Waals surface area contributed by atoms with Gasteiger partial charge in [0.15, 0.2) is 0 Å². The average molecular weight is 166 g/mol. The molecule has 2 bridgehead atoms. The summed E-state index contributed by atoms with van der Waals surface area (Å²) in [5.74, 6) is 0.291. The largest absolute Gasteiger partial charge is 0.393 e. The molecular weight excluding hydrogens is 156 g/mol. The highest BCUT2D eigenvalue weighted by atomic mass is 16.6. The molecular formula is C9H10O3. The van der Waals surface area contributed by atoms with E-state index in [1.54, 1.807) is 0 Å². The maximum Gasteiger partial charge on any atom is 0.317 e. The molecule has 64 valence electrons. The first-order chi connectivity index (χ1) is 5.77. The zero-order chi connectivity index (χ0) is 8.29. The first-order valence-corrected chi connectivity index (χ1v) is 4.53. The molecule has 0 unspecified atom stereocenters. The Kier molecular flexibility index (Phi) is 1.05. The van der Waals surface area contributed by atoms with Crippen LogP contribution in [0, 0.1) is 23.7 Å². The second-order valence-corrected chi connectivity index (χ2v) is 4.12. The van der Waals surface area contributed by atoms with Crippen LogP contribution < -0.4 is 0 Å². The maximum atomic E-state index is 11.2. The van der Waals surface area contributed by atoms with Crippen molar-refractivity contribution in [1.29, 1.82) is 0 Å². The van der Waals surface area contributed by atoms with Gasteiger partial charge in [-0.05, 0) is 31.1 Å².